The molecule has 0 aliphatic carbocycles. The molecule has 1 aliphatic heterocycles. The molecule has 1 heterocycles. The zero-order chi connectivity index (χ0) is 62.6. The number of carbonyl (C=O) groups is 8. The third-order valence-electron chi connectivity index (χ3n) is 17.2. The van der Waals surface area contributed by atoms with Crippen LogP contribution in [0.5, 0.6) is 0 Å². The molecule has 0 radical (unpaired) electrons. The van der Waals surface area contributed by atoms with Gasteiger partial charge >= 0.3 is 12.1 Å². The van der Waals surface area contributed by atoms with Crippen LogP contribution >= 0.6 is 0 Å². The summed E-state index contributed by atoms with van der Waals surface area (Å²) in [6.07, 6.45) is 1.58. The molecule has 18 heteroatoms. The topological polar surface area (TPSA) is 239 Å². The van der Waals surface area contributed by atoms with Crippen LogP contribution in [0.4, 0.5) is 15.3 Å². The van der Waals surface area contributed by atoms with Crippen LogP contribution in [0.3, 0.4) is 0 Å². The number of hydrogen-bond donors (Lipinski definition) is 5. The maximum atomic E-state index is 14.8. The summed E-state index contributed by atoms with van der Waals surface area (Å²) in [6, 6.07) is 14.1. The molecule has 1 fully saturated rings. The van der Waals surface area contributed by atoms with E-state index in [1.807, 2.05) is 113 Å². The number of likely N-dealkylation sites (tertiary alicyclic amines) is 1. The fourth-order valence-electron chi connectivity index (χ4n) is 11.6. The number of primary amides is 1. The van der Waals surface area contributed by atoms with Crippen LogP contribution in [-0.2, 0) is 44.8 Å². The Bertz CT molecular complexity index is 2410. The molecular weight excluding hydrogens is 1050 g/mol. The monoisotopic (exact) mass is 1160 g/mol. The number of anilines is 1. The van der Waals surface area contributed by atoms with Gasteiger partial charge in [-0.05, 0) is 106 Å². The van der Waals surface area contributed by atoms with Crippen LogP contribution in [0.1, 0.15) is 172 Å². The van der Waals surface area contributed by atoms with Crippen molar-refractivity contribution in [2.75, 3.05) is 39.6 Å². The van der Waals surface area contributed by atoms with Crippen LogP contribution in [-0.4, -0.2) is 138 Å². The van der Waals surface area contributed by atoms with Crippen LogP contribution in [0, 0.1) is 47.3 Å². The summed E-state index contributed by atoms with van der Waals surface area (Å²) < 4.78 is 11.9. The van der Waals surface area contributed by atoms with Gasteiger partial charge in [-0.25, -0.2) is 9.59 Å². The molecule has 466 valence electrons. The minimum Gasteiger partial charge on any atom is -0.445 e. The Balaban J connectivity index is 1.70. The van der Waals surface area contributed by atoms with E-state index in [9.17, 15) is 38.4 Å². The second-order valence-corrected chi connectivity index (χ2v) is 25.7. The lowest BCUT2D eigenvalue weighted by molar-refractivity contribution is -0.148. The fourth-order valence-corrected chi connectivity index (χ4v) is 11.6. The number of rotatable bonds is 33. The van der Waals surface area contributed by atoms with E-state index < -0.39 is 48.2 Å². The summed E-state index contributed by atoms with van der Waals surface area (Å²) in [5, 5.41) is 12.1. The summed E-state index contributed by atoms with van der Waals surface area (Å²) in [6.45, 7) is 30.3. The highest BCUT2D eigenvalue weighted by molar-refractivity contribution is 5.96. The quantitative estimate of drug-likeness (QED) is 0.0422. The first-order valence-corrected chi connectivity index (χ1v) is 30.4. The number of carbonyl (C=O) groups excluding carboxylic acids is 8. The van der Waals surface area contributed by atoms with Gasteiger partial charge in [-0.15, -0.1) is 0 Å². The molecule has 2 aromatic carbocycles. The van der Waals surface area contributed by atoms with Crippen molar-refractivity contribution in [1.29, 1.82) is 0 Å². The molecule has 18 nitrogen and oxygen atoms in total. The Morgan fingerprint density at radius 2 is 1.40 bits per heavy atom. The molecule has 2 aromatic rings. The first-order valence-electron chi connectivity index (χ1n) is 30.4. The maximum absolute atomic E-state index is 14.8. The van der Waals surface area contributed by atoms with Crippen molar-refractivity contribution < 1.29 is 47.8 Å². The van der Waals surface area contributed by atoms with Crippen molar-refractivity contribution in [3.63, 3.8) is 0 Å². The number of methoxy groups -OCH3 is 1. The Morgan fingerprint density at radius 3 is 1.94 bits per heavy atom. The molecule has 0 aromatic heterocycles. The summed E-state index contributed by atoms with van der Waals surface area (Å²) >= 11 is 0. The van der Waals surface area contributed by atoms with Gasteiger partial charge in [0.05, 0.1) is 30.7 Å². The number of likely N-dealkylation sites (N-methyl/N-ethyl adjacent to an activating group) is 2. The summed E-state index contributed by atoms with van der Waals surface area (Å²) in [5.74, 6) is -3.53. The highest BCUT2D eigenvalue weighted by Gasteiger charge is 2.43. The lowest BCUT2D eigenvalue weighted by atomic mass is 9.83. The summed E-state index contributed by atoms with van der Waals surface area (Å²) in [5.41, 5.74) is 7.17. The summed E-state index contributed by atoms with van der Waals surface area (Å²) in [7, 11) is 4.81. The first kappa shape index (κ1) is 71.4. The first-order chi connectivity index (χ1) is 38.8. The van der Waals surface area contributed by atoms with Crippen molar-refractivity contribution in [1.82, 2.24) is 30.7 Å². The molecule has 0 spiro atoms. The molecule has 0 bridgehead atoms. The van der Waals surface area contributed by atoms with Crippen LogP contribution in [0.25, 0.3) is 0 Å². The van der Waals surface area contributed by atoms with Gasteiger partial charge in [0.25, 0.3) is 0 Å². The number of urea groups is 1. The molecule has 83 heavy (non-hydrogen) atoms. The normalized spacial score (nSPS) is 17.7. The van der Waals surface area contributed by atoms with Crippen molar-refractivity contribution in [3.8, 4) is 0 Å². The minimum atomic E-state index is -0.911. The fraction of sp³-hybridized carbons (Fsp3) is 0.692. The number of amides is 7. The van der Waals surface area contributed by atoms with E-state index in [1.165, 1.54) is 11.9 Å². The number of ketones is 2. The molecule has 6 N–H and O–H groups in total. The van der Waals surface area contributed by atoms with Gasteiger partial charge in [-0.1, -0.05) is 125 Å². The second-order valence-electron chi connectivity index (χ2n) is 25.7. The zero-order valence-corrected chi connectivity index (χ0v) is 53.6. The van der Waals surface area contributed by atoms with Gasteiger partial charge in [0.15, 0.2) is 11.6 Å². The van der Waals surface area contributed by atoms with Crippen molar-refractivity contribution in [2.45, 2.75) is 210 Å². The Hall–Kier alpha value is -5.88. The molecule has 0 unspecified atom stereocenters. The van der Waals surface area contributed by atoms with Crippen LogP contribution in [0.2, 0.25) is 0 Å². The van der Waals surface area contributed by atoms with Crippen molar-refractivity contribution >= 4 is 53.0 Å². The van der Waals surface area contributed by atoms with Crippen molar-refractivity contribution in [2.24, 2.45) is 53.1 Å². The predicted octanol–water partition coefficient (Wildman–Crippen LogP) is 9.74. The van der Waals surface area contributed by atoms with E-state index in [-0.39, 0.29) is 127 Å². The van der Waals surface area contributed by atoms with Crippen LogP contribution in [0.15, 0.2) is 54.6 Å². The molecule has 12 atom stereocenters. The Labute approximate surface area is 497 Å². The molecule has 1 aliphatic rings. The average molecular weight is 1160 g/mol. The average Bonchev–Trinajstić information content (AvgIpc) is 4.12. The van der Waals surface area contributed by atoms with E-state index in [0.29, 0.717) is 37.1 Å². The Kier molecular flexibility index (Phi) is 28.9. The zero-order valence-electron chi connectivity index (χ0n) is 53.6. The number of nitrogens with zero attached hydrogens (tertiary/aromatic N) is 3. The molecule has 7 amide bonds. The van der Waals surface area contributed by atoms with Crippen molar-refractivity contribution in [3.05, 3.63) is 65.7 Å². The smallest absolute Gasteiger partial charge is 0.410 e. The van der Waals surface area contributed by atoms with E-state index in [2.05, 4.69) is 47.2 Å². The van der Waals surface area contributed by atoms with Gasteiger partial charge in [0.2, 0.25) is 23.6 Å². The second kappa shape index (κ2) is 33.6. The number of Topliss-reactive ketones (excluding diaryl/α,β-unsaturated/α-hetero) is 2. The van der Waals surface area contributed by atoms with E-state index >= 15 is 0 Å². The van der Waals surface area contributed by atoms with E-state index in [1.54, 1.807) is 43.3 Å². The molecular formula is C65H106N8O10. The molecule has 3 rings (SSSR count). The van der Waals surface area contributed by atoms with E-state index in [4.69, 9.17) is 15.2 Å². The summed E-state index contributed by atoms with van der Waals surface area (Å²) in [4.78, 5) is 115. The van der Waals surface area contributed by atoms with Gasteiger partial charge in [0.1, 0.15) is 6.61 Å². The molecule has 1 saturated heterocycles. The third kappa shape index (κ3) is 21.6. The number of benzene rings is 2. The largest absolute Gasteiger partial charge is 0.445 e. The van der Waals surface area contributed by atoms with Crippen LogP contribution < -0.4 is 27.0 Å². The minimum absolute atomic E-state index is 0.00145. The van der Waals surface area contributed by atoms with Gasteiger partial charge in [0, 0.05) is 94.1 Å². The van der Waals surface area contributed by atoms with Gasteiger partial charge in [-0.3, -0.25) is 28.8 Å². The number of ether oxygens (including phenoxy) is 2. The number of nitrogens with two attached hydrogens (primary N) is 1. The lowest BCUT2D eigenvalue weighted by Crippen LogP contribution is -2.54. The standard InChI is InChI=1S/C65H106N8O10/c1-19-42(8)59(55(82-18)37-56(76)73-34-24-28-52(73)43(9)44(10)60(77)68-46(12)45(11)48-25-21-20-22-26-48)71(16)62(79)51(39(2)3)36-54(75)58(41(6)7)72(17)64(81)83-38-47-29-31-50(32-30-47)69-61(78)49(27-23-33-67-63(66)80)35-53(74)57(40(4)5)70-65(13,14)15/h20-22,25-26,29-32,39-46,49,51-52,55,57-59,70H,19,23-24,27-28,33-38H2,1-18H3,(H,68,77)(H,69,78)(H3,66,67,80)/t42-,43+,44-,45-,46-,49+,51-,52-,55+,57-,58-,59-/m0/s1. The van der Waals surface area contributed by atoms with Gasteiger partial charge in [-0.2, -0.15) is 0 Å². The number of hydrogen-bond acceptors (Lipinski definition) is 11. The third-order valence-corrected chi connectivity index (χ3v) is 17.2. The highest BCUT2D eigenvalue weighted by atomic mass is 16.6. The van der Waals surface area contributed by atoms with E-state index in [0.717, 1.165) is 18.4 Å². The number of nitrogens with one attached hydrogen (secondary N) is 4. The lowest BCUT2D eigenvalue weighted by Gasteiger charge is -2.41. The predicted molar refractivity (Wildman–Crippen MR) is 328 cm³/mol. The maximum Gasteiger partial charge on any atom is 0.410 e. The Morgan fingerprint density at radius 1 is 0.771 bits per heavy atom. The highest BCUT2D eigenvalue weighted by Crippen LogP contribution is 2.33. The van der Waals surface area contributed by atoms with Gasteiger partial charge < -0.3 is 51.2 Å². The molecule has 0 saturated carbocycles. The SMILES string of the molecule is CC[C@H](C)[C@@H]([C@@H](CC(=O)N1CCC[C@H]1[C@H](C)[C@H](C)C(=O)N[C@@H](C)[C@H](C)c1ccccc1)OC)N(C)C(=O)[C@@H](CC(=O)[C@H](C(C)C)N(C)C(=O)OCc1ccc(NC(=O)[C@H](CCCNC(N)=O)CC(=O)[C@@H](NC(C)(C)C)C(C)C)cc1)C(C)C.